The minimum atomic E-state index is -0.667. The van der Waals surface area contributed by atoms with Crippen molar-refractivity contribution in [3.8, 4) is 11.3 Å². The van der Waals surface area contributed by atoms with Gasteiger partial charge >= 0.3 is 0 Å². The van der Waals surface area contributed by atoms with E-state index in [2.05, 4.69) is 26.2 Å². The first kappa shape index (κ1) is 14.9. The summed E-state index contributed by atoms with van der Waals surface area (Å²) in [6, 6.07) is 8.01. The molecule has 1 amide bonds. The van der Waals surface area contributed by atoms with Crippen molar-refractivity contribution in [3.63, 3.8) is 0 Å². The third-order valence-corrected chi connectivity index (χ3v) is 3.82. The lowest BCUT2D eigenvalue weighted by atomic mass is 10.1. The fourth-order valence-electron chi connectivity index (χ4n) is 2.15. The number of primary amides is 1. The molecule has 0 atom stereocenters. The Morgan fingerprint density at radius 2 is 2.14 bits per heavy atom. The molecule has 2 heterocycles. The van der Waals surface area contributed by atoms with E-state index in [-0.39, 0.29) is 11.7 Å². The number of benzene rings is 1. The topological polar surface area (TPSA) is 77.2 Å². The van der Waals surface area contributed by atoms with Crippen molar-refractivity contribution >= 4 is 27.5 Å². The Bertz CT molecular complexity index is 735. The minimum absolute atomic E-state index is 0.0868. The van der Waals surface area contributed by atoms with E-state index in [1.54, 1.807) is 24.3 Å². The van der Waals surface area contributed by atoms with Gasteiger partial charge in [0.05, 0.1) is 30.6 Å². The Hall–Kier alpha value is -1.99. The van der Waals surface area contributed by atoms with Crippen LogP contribution < -0.4 is 11.1 Å². The smallest absolute Gasteiger partial charge is 0.269 e. The van der Waals surface area contributed by atoms with Gasteiger partial charge in [0.1, 0.15) is 5.82 Å². The van der Waals surface area contributed by atoms with Gasteiger partial charge in [0.2, 0.25) is 0 Å². The molecule has 2 aromatic rings. The maximum atomic E-state index is 14.0. The van der Waals surface area contributed by atoms with Gasteiger partial charge < -0.3 is 15.8 Å². The molecule has 1 aliphatic rings. The Morgan fingerprint density at radius 1 is 1.36 bits per heavy atom. The van der Waals surface area contributed by atoms with Gasteiger partial charge in [0, 0.05) is 10.0 Å². The van der Waals surface area contributed by atoms with Gasteiger partial charge in [-0.05, 0) is 30.3 Å². The highest BCUT2D eigenvalue weighted by Gasteiger charge is 2.21. The summed E-state index contributed by atoms with van der Waals surface area (Å²) in [6.45, 7) is 1.14. The maximum Gasteiger partial charge on any atom is 0.269 e. The van der Waals surface area contributed by atoms with Crippen LogP contribution in [0, 0.1) is 5.82 Å². The lowest BCUT2D eigenvalue weighted by Crippen LogP contribution is -2.40. The highest BCUT2D eigenvalue weighted by atomic mass is 79.9. The van der Waals surface area contributed by atoms with E-state index in [1.165, 1.54) is 6.07 Å². The van der Waals surface area contributed by atoms with Crippen molar-refractivity contribution in [2.75, 3.05) is 18.5 Å². The maximum absolute atomic E-state index is 14.0. The van der Waals surface area contributed by atoms with Crippen molar-refractivity contribution in [1.29, 1.82) is 0 Å². The summed E-state index contributed by atoms with van der Waals surface area (Å²) in [5, 5.41) is 3.14. The summed E-state index contributed by atoms with van der Waals surface area (Å²) >= 11 is 3.29. The van der Waals surface area contributed by atoms with Gasteiger partial charge in [-0.2, -0.15) is 0 Å². The SMILES string of the molecule is NC(=O)c1nc(-c2cc(Br)ccc2F)ccc1NC1COC1. The monoisotopic (exact) mass is 365 g/mol. The van der Waals surface area contributed by atoms with E-state index in [0.29, 0.717) is 30.2 Å². The molecular formula is C15H13BrFN3O2. The molecule has 0 saturated carbocycles. The van der Waals surface area contributed by atoms with Crippen LogP contribution in [0.4, 0.5) is 10.1 Å². The first-order chi connectivity index (χ1) is 10.5. The van der Waals surface area contributed by atoms with E-state index in [0.717, 1.165) is 4.47 Å². The molecule has 1 fully saturated rings. The number of carbonyl (C=O) groups excluding carboxylic acids is 1. The van der Waals surface area contributed by atoms with Gasteiger partial charge in [-0.25, -0.2) is 9.37 Å². The van der Waals surface area contributed by atoms with Crippen molar-refractivity contribution in [3.05, 3.63) is 46.3 Å². The molecule has 3 rings (SSSR count). The standard InChI is InChI=1S/C15H13BrFN3O2/c16-8-1-2-11(17)10(5-8)12-3-4-13(14(20-12)15(18)21)19-9-6-22-7-9/h1-5,9,19H,6-7H2,(H2,18,21). The average molecular weight is 366 g/mol. The first-order valence-corrected chi connectivity index (χ1v) is 7.44. The van der Waals surface area contributed by atoms with E-state index in [1.807, 2.05) is 0 Å². The number of halogens is 2. The number of ether oxygens (including phenoxy) is 1. The van der Waals surface area contributed by atoms with Crippen LogP contribution in [-0.2, 0) is 4.74 Å². The summed E-state index contributed by atoms with van der Waals surface area (Å²) in [4.78, 5) is 15.8. The normalized spacial score (nSPS) is 14.5. The molecule has 22 heavy (non-hydrogen) atoms. The third-order valence-electron chi connectivity index (χ3n) is 3.33. The molecule has 114 valence electrons. The number of hydrogen-bond acceptors (Lipinski definition) is 4. The molecule has 0 aliphatic carbocycles. The zero-order chi connectivity index (χ0) is 15.7. The van der Waals surface area contributed by atoms with Gasteiger partial charge in [-0.3, -0.25) is 4.79 Å². The molecule has 0 radical (unpaired) electrons. The molecule has 0 spiro atoms. The number of nitrogens with two attached hydrogens (primary N) is 1. The van der Waals surface area contributed by atoms with Crippen LogP contribution in [0.1, 0.15) is 10.5 Å². The third kappa shape index (κ3) is 2.95. The summed E-state index contributed by atoms with van der Waals surface area (Å²) in [5.74, 6) is -1.08. The van der Waals surface area contributed by atoms with Gasteiger partial charge in [0.15, 0.2) is 5.69 Å². The second-order valence-electron chi connectivity index (χ2n) is 4.96. The highest BCUT2D eigenvalue weighted by molar-refractivity contribution is 9.10. The number of aromatic nitrogens is 1. The second kappa shape index (κ2) is 6.02. The number of nitrogens with one attached hydrogen (secondary N) is 1. The Balaban J connectivity index is 2.01. The Labute approximate surface area is 134 Å². The van der Waals surface area contributed by atoms with Crippen LogP contribution in [0.2, 0.25) is 0 Å². The number of amides is 1. The summed E-state index contributed by atoms with van der Waals surface area (Å²) in [7, 11) is 0. The molecule has 0 bridgehead atoms. The van der Waals surface area contributed by atoms with Gasteiger partial charge in [-0.15, -0.1) is 0 Å². The van der Waals surface area contributed by atoms with Gasteiger partial charge in [0.25, 0.3) is 5.91 Å². The average Bonchev–Trinajstić information content (AvgIpc) is 2.45. The van der Waals surface area contributed by atoms with Crippen molar-refractivity contribution in [1.82, 2.24) is 4.98 Å². The number of hydrogen-bond donors (Lipinski definition) is 2. The van der Waals surface area contributed by atoms with E-state index < -0.39 is 11.7 Å². The summed E-state index contributed by atoms with van der Waals surface area (Å²) < 4.78 is 19.8. The van der Waals surface area contributed by atoms with Crippen LogP contribution in [0.5, 0.6) is 0 Å². The number of anilines is 1. The molecule has 1 aromatic heterocycles. The Morgan fingerprint density at radius 3 is 2.77 bits per heavy atom. The summed E-state index contributed by atoms with van der Waals surface area (Å²) in [6.07, 6.45) is 0. The molecule has 1 saturated heterocycles. The lowest BCUT2D eigenvalue weighted by Gasteiger charge is -2.28. The van der Waals surface area contributed by atoms with E-state index >= 15 is 0 Å². The highest BCUT2D eigenvalue weighted by Crippen LogP contribution is 2.27. The fraction of sp³-hybridized carbons (Fsp3) is 0.200. The second-order valence-corrected chi connectivity index (χ2v) is 5.88. The predicted molar refractivity (Wildman–Crippen MR) is 84.1 cm³/mol. The molecule has 3 N–H and O–H groups in total. The largest absolute Gasteiger partial charge is 0.377 e. The molecule has 1 aliphatic heterocycles. The summed E-state index contributed by atoms with van der Waals surface area (Å²) in [5.41, 5.74) is 6.65. The molecule has 5 nitrogen and oxygen atoms in total. The van der Waals surface area contributed by atoms with Crippen LogP contribution in [-0.4, -0.2) is 30.1 Å². The molecule has 7 heteroatoms. The molecule has 1 aromatic carbocycles. The van der Waals surface area contributed by atoms with Crippen LogP contribution in [0.25, 0.3) is 11.3 Å². The van der Waals surface area contributed by atoms with Crippen LogP contribution >= 0.6 is 15.9 Å². The van der Waals surface area contributed by atoms with Crippen LogP contribution in [0.3, 0.4) is 0 Å². The van der Waals surface area contributed by atoms with E-state index in [4.69, 9.17) is 10.5 Å². The predicted octanol–water partition coefficient (Wildman–Crippen LogP) is 2.56. The van der Waals surface area contributed by atoms with Crippen molar-refractivity contribution < 1.29 is 13.9 Å². The zero-order valence-corrected chi connectivity index (χ0v) is 13.1. The quantitative estimate of drug-likeness (QED) is 0.872. The Kier molecular flexibility index (Phi) is 4.08. The number of pyridine rings is 1. The molecule has 0 unspecified atom stereocenters. The number of nitrogens with zero attached hydrogens (tertiary/aromatic N) is 1. The number of carbonyl (C=O) groups is 1. The van der Waals surface area contributed by atoms with Crippen LogP contribution in [0.15, 0.2) is 34.8 Å². The fourth-order valence-corrected chi connectivity index (χ4v) is 2.51. The number of rotatable bonds is 4. The molecular weight excluding hydrogens is 353 g/mol. The first-order valence-electron chi connectivity index (χ1n) is 6.65. The van der Waals surface area contributed by atoms with E-state index in [9.17, 15) is 9.18 Å². The zero-order valence-electron chi connectivity index (χ0n) is 11.5. The van der Waals surface area contributed by atoms with Gasteiger partial charge in [-0.1, -0.05) is 15.9 Å². The van der Waals surface area contributed by atoms with Crippen molar-refractivity contribution in [2.45, 2.75) is 6.04 Å². The van der Waals surface area contributed by atoms with Crippen molar-refractivity contribution in [2.24, 2.45) is 5.73 Å². The minimum Gasteiger partial charge on any atom is -0.377 e. The lowest BCUT2D eigenvalue weighted by molar-refractivity contribution is 0.0210.